The molecular formula is C20H30F4O4. The van der Waals surface area contributed by atoms with Crippen LogP contribution in [0.2, 0.25) is 0 Å². The molecule has 1 aliphatic rings. The molecule has 1 rings (SSSR count). The standard InChI is InChI=1S/C20H30F4O4/c1-2-7-16(13-12-15-8-4-3-5-9-15)28-18(26)11-6-10-17(25)27-14-20(23,24)19(21)22/h4,8,15-16,19H,2-3,5-7,9-14H2,1H3. The Bertz CT molecular complexity index is 508. The van der Waals surface area contributed by atoms with E-state index in [0.717, 1.165) is 38.5 Å². The molecule has 0 aromatic heterocycles. The molecule has 0 bridgehead atoms. The third-order valence-electron chi connectivity index (χ3n) is 4.63. The van der Waals surface area contributed by atoms with Gasteiger partial charge in [-0.2, -0.15) is 8.78 Å². The molecule has 162 valence electrons. The first-order valence-corrected chi connectivity index (χ1v) is 9.92. The highest BCUT2D eigenvalue weighted by atomic mass is 19.3. The lowest BCUT2D eigenvalue weighted by atomic mass is 9.90. The zero-order chi connectivity index (χ0) is 21.0. The SMILES string of the molecule is CCCC(CCC1C=CCCC1)OC(=O)CCCC(=O)OCC(F)(F)C(F)F. The molecule has 0 aliphatic heterocycles. The van der Waals surface area contributed by atoms with E-state index in [4.69, 9.17) is 4.74 Å². The van der Waals surface area contributed by atoms with Crippen LogP contribution in [0.25, 0.3) is 0 Å². The van der Waals surface area contributed by atoms with Crippen LogP contribution in [-0.4, -0.2) is 37.0 Å². The van der Waals surface area contributed by atoms with Gasteiger partial charge in [-0.05, 0) is 50.9 Å². The van der Waals surface area contributed by atoms with E-state index in [1.54, 1.807) is 0 Å². The fraction of sp³-hybridized carbons (Fsp3) is 0.800. The molecule has 1 aliphatic carbocycles. The van der Waals surface area contributed by atoms with Gasteiger partial charge in [0.1, 0.15) is 6.10 Å². The number of halogens is 4. The van der Waals surface area contributed by atoms with Crippen molar-refractivity contribution >= 4 is 11.9 Å². The molecule has 2 atom stereocenters. The fourth-order valence-electron chi connectivity index (χ4n) is 3.04. The smallest absolute Gasteiger partial charge is 0.340 e. The molecule has 0 fully saturated rings. The van der Waals surface area contributed by atoms with Gasteiger partial charge >= 0.3 is 24.3 Å². The Labute approximate surface area is 163 Å². The van der Waals surface area contributed by atoms with Crippen molar-refractivity contribution in [3.8, 4) is 0 Å². The molecule has 0 amide bonds. The first-order chi connectivity index (χ1) is 13.2. The number of allylic oxidation sites excluding steroid dienone is 2. The van der Waals surface area contributed by atoms with Crippen LogP contribution in [0, 0.1) is 5.92 Å². The average Bonchev–Trinajstić information content (AvgIpc) is 2.65. The summed E-state index contributed by atoms with van der Waals surface area (Å²) in [6.07, 6.45) is 6.85. The lowest BCUT2D eigenvalue weighted by molar-refractivity contribution is -0.179. The van der Waals surface area contributed by atoms with Crippen molar-refractivity contribution in [3.05, 3.63) is 12.2 Å². The van der Waals surface area contributed by atoms with Gasteiger partial charge in [-0.1, -0.05) is 25.5 Å². The van der Waals surface area contributed by atoms with Crippen molar-refractivity contribution in [3.63, 3.8) is 0 Å². The van der Waals surface area contributed by atoms with Gasteiger partial charge in [0.05, 0.1) is 0 Å². The van der Waals surface area contributed by atoms with Gasteiger partial charge in [0.25, 0.3) is 0 Å². The van der Waals surface area contributed by atoms with Crippen molar-refractivity contribution < 1.29 is 36.6 Å². The van der Waals surface area contributed by atoms with Gasteiger partial charge in [0.15, 0.2) is 6.61 Å². The van der Waals surface area contributed by atoms with Crippen LogP contribution < -0.4 is 0 Å². The van der Waals surface area contributed by atoms with E-state index in [0.29, 0.717) is 5.92 Å². The van der Waals surface area contributed by atoms with Gasteiger partial charge in [0.2, 0.25) is 0 Å². The van der Waals surface area contributed by atoms with Crippen LogP contribution in [-0.2, 0) is 19.1 Å². The predicted octanol–water partition coefficient (Wildman–Crippen LogP) is 5.45. The molecule has 2 unspecified atom stereocenters. The second kappa shape index (κ2) is 12.8. The second-order valence-electron chi connectivity index (χ2n) is 7.17. The Balaban J connectivity index is 2.25. The van der Waals surface area contributed by atoms with E-state index in [-0.39, 0.29) is 25.4 Å². The topological polar surface area (TPSA) is 52.6 Å². The first kappa shape index (κ1) is 24.4. The quantitative estimate of drug-likeness (QED) is 0.230. The van der Waals surface area contributed by atoms with Gasteiger partial charge in [0, 0.05) is 12.8 Å². The number of rotatable bonds is 13. The number of carbonyl (C=O) groups is 2. The summed E-state index contributed by atoms with van der Waals surface area (Å²) in [6, 6.07) is 0. The lowest BCUT2D eigenvalue weighted by Crippen LogP contribution is -2.33. The lowest BCUT2D eigenvalue weighted by Gasteiger charge is -2.21. The highest BCUT2D eigenvalue weighted by molar-refractivity contribution is 5.72. The number of hydrogen-bond donors (Lipinski definition) is 0. The van der Waals surface area contributed by atoms with Gasteiger partial charge in [-0.3, -0.25) is 9.59 Å². The maximum atomic E-state index is 12.7. The van der Waals surface area contributed by atoms with Crippen LogP contribution in [0.3, 0.4) is 0 Å². The molecule has 0 aromatic carbocycles. The molecule has 8 heteroatoms. The third-order valence-corrected chi connectivity index (χ3v) is 4.63. The average molecular weight is 410 g/mol. The summed E-state index contributed by atoms with van der Waals surface area (Å²) in [6.45, 7) is 0.342. The van der Waals surface area contributed by atoms with Gasteiger partial charge in [-0.25, -0.2) is 8.78 Å². The van der Waals surface area contributed by atoms with Crippen molar-refractivity contribution in [2.24, 2.45) is 5.92 Å². The Morgan fingerprint density at radius 1 is 1.18 bits per heavy atom. The minimum atomic E-state index is -4.37. The minimum Gasteiger partial charge on any atom is -0.462 e. The Morgan fingerprint density at radius 3 is 2.50 bits per heavy atom. The number of esters is 2. The predicted molar refractivity (Wildman–Crippen MR) is 96.3 cm³/mol. The van der Waals surface area contributed by atoms with Crippen LogP contribution in [0.5, 0.6) is 0 Å². The van der Waals surface area contributed by atoms with Crippen LogP contribution in [0.1, 0.15) is 71.1 Å². The van der Waals surface area contributed by atoms with E-state index in [9.17, 15) is 27.2 Å². The highest BCUT2D eigenvalue weighted by Gasteiger charge is 2.42. The molecule has 0 radical (unpaired) electrons. The summed E-state index contributed by atoms with van der Waals surface area (Å²) in [5, 5.41) is 0. The summed E-state index contributed by atoms with van der Waals surface area (Å²) in [4.78, 5) is 23.3. The molecular weight excluding hydrogens is 380 g/mol. The monoisotopic (exact) mass is 410 g/mol. The van der Waals surface area contributed by atoms with Crippen molar-refractivity contribution in [1.29, 1.82) is 0 Å². The van der Waals surface area contributed by atoms with Crippen LogP contribution in [0.4, 0.5) is 17.6 Å². The summed E-state index contributed by atoms with van der Waals surface area (Å²) >= 11 is 0. The molecule has 0 aromatic rings. The molecule has 4 nitrogen and oxygen atoms in total. The number of carbonyl (C=O) groups excluding carboxylic acids is 2. The number of alkyl halides is 4. The van der Waals surface area contributed by atoms with Crippen molar-refractivity contribution in [2.45, 2.75) is 89.6 Å². The molecule has 0 saturated heterocycles. The summed E-state index contributed by atoms with van der Waals surface area (Å²) in [5.74, 6) is -5.34. The highest BCUT2D eigenvalue weighted by Crippen LogP contribution is 2.25. The Hall–Kier alpha value is -1.60. The fourth-order valence-corrected chi connectivity index (χ4v) is 3.04. The minimum absolute atomic E-state index is 0.0517. The van der Waals surface area contributed by atoms with Crippen molar-refractivity contribution in [2.75, 3.05) is 6.61 Å². The number of hydrogen-bond acceptors (Lipinski definition) is 4. The van der Waals surface area contributed by atoms with E-state index in [1.807, 2.05) is 6.92 Å². The Morgan fingerprint density at radius 2 is 1.89 bits per heavy atom. The zero-order valence-electron chi connectivity index (χ0n) is 16.3. The third kappa shape index (κ3) is 10.1. The van der Waals surface area contributed by atoms with E-state index < -0.39 is 30.9 Å². The molecule has 0 heterocycles. The summed E-state index contributed by atoms with van der Waals surface area (Å²) in [5.41, 5.74) is 0. The Kier molecular flexibility index (Phi) is 11.2. The maximum absolute atomic E-state index is 12.7. The van der Waals surface area contributed by atoms with E-state index in [1.165, 1.54) is 6.42 Å². The van der Waals surface area contributed by atoms with Crippen LogP contribution in [0.15, 0.2) is 12.2 Å². The second-order valence-corrected chi connectivity index (χ2v) is 7.17. The summed E-state index contributed by atoms with van der Waals surface area (Å²) < 4.78 is 58.9. The van der Waals surface area contributed by atoms with Gasteiger partial charge in [-0.15, -0.1) is 0 Å². The summed E-state index contributed by atoms with van der Waals surface area (Å²) in [7, 11) is 0. The molecule has 0 saturated carbocycles. The number of ether oxygens (including phenoxy) is 2. The zero-order valence-corrected chi connectivity index (χ0v) is 16.3. The normalized spacial score (nSPS) is 18.1. The molecule has 0 spiro atoms. The van der Waals surface area contributed by atoms with E-state index >= 15 is 0 Å². The largest absolute Gasteiger partial charge is 0.462 e. The molecule has 28 heavy (non-hydrogen) atoms. The maximum Gasteiger partial charge on any atom is 0.340 e. The van der Waals surface area contributed by atoms with Crippen LogP contribution >= 0.6 is 0 Å². The van der Waals surface area contributed by atoms with Crippen molar-refractivity contribution in [1.82, 2.24) is 0 Å². The van der Waals surface area contributed by atoms with Gasteiger partial charge < -0.3 is 9.47 Å². The van der Waals surface area contributed by atoms with E-state index in [2.05, 4.69) is 16.9 Å². The molecule has 0 N–H and O–H groups in total. The first-order valence-electron chi connectivity index (χ1n) is 9.92.